The molecule has 0 saturated carbocycles. The summed E-state index contributed by atoms with van der Waals surface area (Å²) in [5, 5.41) is 24.1. The van der Waals surface area contributed by atoms with E-state index in [0.717, 1.165) is 52.9 Å². The fourth-order valence-electron chi connectivity index (χ4n) is 4.15. The maximum absolute atomic E-state index is 8.99. The first-order valence-corrected chi connectivity index (χ1v) is 10.4. The van der Waals surface area contributed by atoms with Gasteiger partial charge in [-0.05, 0) is 22.2 Å². The lowest BCUT2D eigenvalue weighted by molar-refractivity contribution is 1.14. The molecular formula is C23H13N7S. The van der Waals surface area contributed by atoms with Crippen molar-refractivity contribution in [3.05, 3.63) is 55.0 Å². The normalized spacial score (nSPS) is 12.3. The predicted molar refractivity (Wildman–Crippen MR) is 125 cm³/mol. The van der Waals surface area contributed by atoms with Crippen molar-refractivity contribution < 1.29 is 0 Å². The molecule has 0 unspecified atom stereocenters. The van der Waals surface area contributed by atoms with Gasteiger partial charge >= 0.3 is 0 Å². The summed E-state index contributed by atoms with van der Waals surface area (Å²) in [6, 6.07) is 16.2. The molecule has 0 aliphatic rings. The number of amidine groups is 1. The SMILES string of the molecule is N#CCC(N)=Nc1cccc2c3ccccc3c3c(nnc4sc5cncnc5c43)c12. The highest BCUT2D eigenvalue weighted by Gasteiger charge is 2.19. The smallest absolute Gasteiger partial charge is 0.149 e. The Labute approximate surface area is 179 Å². The first kappa shape index (κ1) is 17.6. The van der Waals surface area contributed by atoms with Crippen LogP contribution in [0.4, 0.5) is 5.69 Å². The van der Waals surface area contributed by atoms with Crippen LogP contribution in [0.25, 0.3) is 52.9 Å². The third-order valence-electron chi connectivity index (χ3n) is 5.35. The van der Waals surface area contributed by atoms with Gasteiger partial charge in [-0.25, -0.2) is 15.0 Å². The number of thiophene rings is 1. The molecule has 0 spiro atoms. The minimum atomic E-state index is 0.0594. The van der Waals surface area contributed by atoms with Gasteiger partial charge in [-0.1, -0.05) is 36.4 Å². The van der Waals surface area contributed by atoms with Crippen molar-refractivity contribution >= 4 is 75.7 Å². The number of nitrogens with zero attached hydrogens (tertiary/aromatic N) is 6. The zero-order valence-corrected chi connectivity index (χ0v) is 16.9. The van der Waals surface area contributed by atoms with E-state index in [1.165, 1.54) is 11.3 Å². The Balaban J connectivity index is 1.92. The zero-order chi connectivity index (χ0) is 20.9. The van der Waals surface area contributed by atoms with Crippen LogP contribution in [0.15, 0.2) is 60.0 Å². The third kappa shape index (κ3) is 2.54. The molecular weight excluding hydrogens is 406 g/mol. The summed E-state index contributed by atoms with van der Waals surface area (Å²) in [6.45, 7) is 0. The van der Waals surface area contributed by atoms with Gasteiger partial charge in [-0.2, -0.15) is 5.26 Å². The molecule has 6 rings (SSSR count). The molecule has 31 heavy (non-hydrogen) atoms. The van der Waals surface area contributed by atoms with E-state index in [1.807, 2.05) is 36.5 Å². The molecule has 0 amide bonds. The summed E-state index contributed by atoms with van der Waals surface area (Å²) in [7, 11) is 0. The van der Waals surface area contributed by atoms with E-state index in [0.29, 0.717) is 5.69 Å². The van der Waals surface area contributed by atoms with Crippen molar-refractivity contribution in [2.45, 2.75) is 6.42 Å². The van der Waals surface area contributed by atoms with E-state index in [4.69, 9.17) is 11.0 Å². The Morgan fingerprint density at radius 1 is 0.968 bits per heavy atom. The number of benzene rings is 3. The van der Waals surface area contributed by atoms with Gasteiger partial charge in [0.15, 0.2) is 0 Å². The highest BCUT2D eigenvalue weighted by molar-refractivity contribution is 7.25. The minimum absolute atomic E-state index is 0.0594. The summed E-state index contributed by atoms with van der Waals surface area (Å²) in [6.07, 6.45) is 3.42. The van der Waals surface area contributed by atoms with E-state index in [9.17, 15) is 0 Å². The molecule has 3 aromatic heterocycles. The van der Waals surface area contributed by atoms with E-state index in [1.54, 1.807) is 6.33 Å². The van der Waals surface area contributed by atoms with Crippen LogP contribution >= 0.6 is 11.3 Å². The van der Waals surface area contributed by atoms with E-state index in [-0.39, 0.29) is 12.3 Å². The first-order valence-electron chi connectivity index (χ1n) is 9.58. The van der Waals surface area contributed by atoms with Crippen LogP contribution in [-0.2, 0) is 0 Å². The summed E-state index contributed by atoms with van der Waals surface area (Å²) in [4.78, 5) is 14.1. The second-order valence-electron chi connectivity index (χ2n) is 7.12. The maximum atomic E-state index is 8.99. The number of hydrogen-bond donors (Lipinski definition) is 1. The van der Waals surface area contributed by atoms with Gasteiger partial charge in [0, 0.05) is 22.4 Å². The molecule has 3 heterocycles. The van der Waals surface area contributed by atoms with Crippen LogP contribution in [-0.4, -0.2) is 26.0 Å². The van der Waals surface area contributed by atoms with Gasteiger partial charge in [0.2, 0.25) is 0 Å². The van der Waals surface area contributed by atoms with Crippen molar-refractivity contribution in [3.63, 3.8) is 0 Å². The number of nitriles is 1. The molecule has 0 fully saturated rings. The van der Waals surface area contributed by atoms with Crippen molar-refractivity contribution in [2.24, 2.45) is 10.7 Å². The second kappa shape index (κ2) is 6.65. The largest absolute Gasteiger partial charge is 0.386 e. The number of fused-ring (bicyclic) bond motifs is 10. The summed E-state index contributed by atoms with van der Waals surface area (Å²) < 4.78 is 0.966. The number of nitrogens with two attached hydrogens (primary N) is 1. The Kier molecular flexibility index (Phi) is 3.78. The topological polar surface area (TPSA) is 114 Å². The molecule has 6 aromatic rings. The molecule has 0 radical (unpaired) electrons. The number of rotatable bonds is 2. The van der Waals surface area contributed by atoms with Crippen molar-refractivity contribution in [1.29, 1.82) is 5.26 Å². The molecule has 2 N–H and O–H groups in total. The monoisotopic (exact) mass is 419 g/mol. The van der Waals surface area contributed by atoms with Crippen LogP contribution < -0.4 is 5.73 Å². The highest BCUT2D eigenvalue weighted by Crippen LogP contribution is 2.43. The van der Waals surface area contributed by atoms with E-state index < -0.39 is 0 Å². The Morgan fingerprint density at radius 2 is 1.77 bits per heavy atom. The van der Waals surface area contributed by atoms with Crippen LogP contribution in [0.5, 0.6) is 0 Å². The number of aliphatic imine (C=N–C) groups is 1. The fraction of sp³-hybridized carbons (Fsp3) is 0.0435. The molecule has 0 atom stereocenters. The molecule has 146 valence electrons. The molecule has 0 bridgehead atoms. The van der Waals surface area contributed by atoms with Crippen LogP contribution in [0.2, 0.25) is 0 Å². The van der Waals surface area contributed by atoms with Gasteiger partial charge in [0.1, 0.15) is 22.5 Å². The third-order valence-corrected chi connectivity index (χ3v) is 6.35. The Morgan fingerprint density at radius 3 is 2.65 bits per heavy atom. The molecule has 0 aliphatic carbocycles. The average molecular weight is 419 g/mol. The van der Waals surface area contributed by atoms with Crippen molar-refractivity contribution in [3.8, 4) is 6.07 Å². The lowest BCUT2D eigenvalue weighted by atomic mass is 9.95. The van der Waals surface area contributed by atoms with Crippen LogP contribution in [0.1, 0.15) is 6.42 Å². The molecule has 8 heteroatoms. The lowest BCUT2D eigenvalue weighted by Crippen LogP contribution is -2.09. The van der Waals surface area contributed by atoms with Crippen molar-refractivity contribution in [1.82, 2.24) is 20.2 Å². The minimum Gasteiger partial charge on any atom is -0.386 e. The number of aromatic nitrogens is 4. The van der Waals surface area contributed by atoms with Gasteiger partial charge < -0.3 is 5.73 Å². The van der Waals surface area contributed by atoms with Gasteiger partial charge in [-0.3, -0.25) is 0 Å². The van der Waals surface area contributed by atoms with Crippen LogP contribution in [0, 0.1) is 11.3 Å². The maximum Gasteiger partial charge on any atom is 0.149 e. The van der Waals surface area contributed by atoms with Gasteiger partial charge in [0.05, 0.1) is 28.4 Å². The number of hydrogen-bond acceptors (Lipinski definition) is 7. The Hall–Kier alpha value is -4.22. The summed E-state index contributed by atoms with van der Waals surface area (Å²) >= 11 is 1.53. The predicted octanol–water partition coefficient (Wildman–Crippen LogP) is 5.00. The first-order chi connectivity index (χ1) is 15.3. The highest BCUT2D eigenvalue weighted by atomic mass is 32.1. The zero-order valence-electron chi connectivity index (χ0n) is 16.1. The summed E-state index contributed by atoms with van der Waals surface area (Å²) in [5.74, 6) is 0.263. The molecule has 0 saturated heterocycles. The quantitative estimate of drug-likeness (QED) is 0.240. The average Bonchev–Trinajstić information content (AvgIpc) is 3.18. The molecule has 3 aromatic carbocycles. The van der Waals surface area contributed by atoms with Gasteiger partial charge in [-0.15, -0.1) is 21.5 Å². The lowest BCUT2D eigenvalue weighted by Gasteiger charge is -2.12. The van der Waals surface area contributed by atoms with E-state index in [2.05, 4.69) is 43.4 Å². The van der Waals surface area contributed by atoms with Crippen LogP contribution in [0.3, 0.4) is 0 Å². The second-order valence-corrected chi connectivity index (χ2v) is 8.16. The standard InChI is InChI=1S/C23H13N7S/c24-9-8-17(25)28-15-7-3-6-13-12-4-1-2-5-14(12)19-20-21-16(10-26-11-27-21)31-23(20)30-29-22(19)18(13)15/h1-7,10-11H,8H2,(H2,25,28). The van der Waals surface area contributed by atoms with E-state index >= 15 is 0 Å². The Bertz CT molecular complexity index is 1740. The molecule has 7 nitrogen and oxygen atoms in total. The summed E-state index contributed by atoms with van der Waals surface area (Å²) in [5.41, 5.74) is 8.26. The molecule has 0 aliphatic heterocycles. The van der Waals surface area contributed by atoms with Gasteiger partial charge in [0.25, 0.3) is 0 Å². The van der Waals surface area contributed by atoms with Crippen molar-refractivity contribution in [2.75, 3.05) is 0 Å². The fourth-order valence-corrected chi connectivity index (χ4v) is 5.11.